The lowest BCUT2D eigenvalue weighted by molar-refractivity contribution is -0.115. The van der Waals surface area contributed by atoms with E-state index in [9.17, 15) is 4.79 Å². The van der Waals surface area contributed by atoms with E-state index in [2.05, 4.69) is 72.5 Å². The van der Waals surface area contributed by atoms with Crippen molar-refractivity contribution < 1.29 is 4.79 Å². The van der Waals surface area contributed by atoms with Crippen LogP contribution in [0.2, 0.25) is 0 Å². The van der Waals surface area contributed by atoms with Gasteiger partial charge in [0, 0.05) is 6.42 Å². The number of rotatable bonds is 4. The molecule has 116 valence electrons. The minimum Gasteiger partial charge on any atom is -0.295 e. The molecule has 2 rings (SSSR count). The van der Waals surface area contributed by atoms with Crippen LogP contribution < -0.4 is 5.30 Å². The summed E-state index contributed by atoms with van der Waals surface area (Å²) in [6.45, 7) is 8.34. The van der Waals surface area contributed by atoms with Gasteiger partial charge in [-0.15, -0.1) is 9.24 Å². The smallest absolute Gasteiger partial charge is 0.159 e. The molecular weight excluding hydrogens is 287 g/mol. The van der Waals surface area contributed by atoms with Gasteiger partial charge in [0.1, 0.15) is 0 Å². The molecule has 1 aliphatic carbocycles. The Bertz CT molecular complexity index is 675. The fraction of sp³-hybridized carbons (Fsp3) is 0.350. The van der Waals surface area contributed by atoms with Crippen molar-refractivity contribution in [2.45, 2.75) is 40.5 Å². The first-order chi connectivity index (χ1) is 10.3. The number of benzene rings is 1. The van der Waals surface area contributed by atoms with Gasteiger partial charge < -0.3 is 0 Å². The summed E-state index contributed by atoms with van der Waals surface area (Å²) in [7, 11) is 2.78. The molecule has 0 amide bonds. The van der Waals surface area contributed by atoms with Gasteiger partial charge in [-0.2, -0.15) is 0 Å². The number of allylic oxidation sites excluding steroid dienone is 6. The lowest BCUT2D eigenvalue weighted by atomic mass is 9.85. The average molecular weight is 312 g/mol. The average Bonchev–Trinajstić information content (AvgIpc) is 2.64. The van der Waals surface area contributed by atoms with Crippen LogP contribution in [0.5, 0.6) is 0 Å². The number of hydrogen-bond acceptors (Lipinski definition) is 1. The molecule has 0 bridgehead atoms. The molecular formula is C20H25OP. The first-order valence-electron chi connectivity index (χ1n) is 7.74. The van der Waals surface area contributed by atoms with Crippen molar-refractivity contribution >= 4 is 20.3 Å². The minimum absolute atomic E-state index is 0.0371. The molecule has 1 aromatic carbocycles. The van der Waals surface area contributed by atoms with E-state index < -0.39 is 0 Å². The Morgan fingerprint density at radius 2 is 2.00 bits per heavy atom. The third kappa shape index (κ3) is 3.84. The molecule has 1 unspecified atom stereocenters. The first-order valence-corrected chi connectivity index (χ1v) is 8.32. The van der Waals surface area contributed by atoms with Crippen LogP contribution >= 0.6 is 9.24 Å². The highest BCUT2D eigenvalue weighted by atomic mass is 31.0. The van der Waals surface area contributed by atoms with Crippen LogP contribution in [-0.2, 0) is 11.2 Å². The summed E-state index contributed by atoms with van der Waals surface area (Å²) in [6, 6.07) is 8.39. The fourth-order valence-corrected chi connectivity index (χ4v) is 3.24. The molecule has 0 fully saturated rings. The van der Waals surface area contributed by atoms with Gasteiger partial charge in [-0.25, -0.2) is 0 Å². The number of carbonyl (C=O) groups is 1. The van der Waals surface area contributed by atoms with Gasteiger partial charge in [0.2, 0.25) is 0 Å². The maximum absolute atomic E-state index is 11.9. The standard InChI is InChI=1S/C20H25OP/c1-14(9-11-16-7-5-6-8-19(16)22)10-12-17-15(2)18(21)13-20(17,3)4/h5-10,12H,11,13,22H2,1-4H3. The predicted octanol–water partition coefficient (Wildman–Crippen LogP) is 4.55. The van der Waals surface area contributed by atoms with Crippen LogP contribution in [0.3, 0.4) is 0 Å². The van der Waals surface area contributed by atoms with Gasteiger partial charge in [-0.1, -0.05) is 61.9 Å². The highest BCUT2D eigenvalue weighted by molar-refractivity contribution is 7.27. The molecule has 1 aliphatic rings. The Morgan fingerprint density at radius 3 is 2.59 bits per heavy atom. The summed E-state index contributed by atoms with van der Waals surface area (Å²) in [6.07, 6.45) is 8.04. The maximum atomic E-state index is 11.9. The minimum atomic E-state index is -0.0371. The molecule has 0 aromatic heterocycles. The zero-order chi connectivity index (χ0) is 16.3. The third-order valence-electron chi connectivity index (χ3n) is 4.37. The van der Waals surface area contributed by atoms with Crippen molar-refractivity contribution in [3.8, 4) is 0 Å². The summed E-state index contributed by atoms with van der Waals surface area (Å²) in [5, 5.41) is 1.25. The van der Waals surface area contributed by atoms with Crippen molar-refractivity contribution in [1.82, 2.24) is 0 Å². The van der Waals surface area contributed by atoms with Crippen molar-refractivity contribution in [3.05, 3.63) is 64.8 Å². The second kappa shape index (κ2) is 6.75. The summed E-state index contributed by atoms with van der Waals surface area (Å²) in [4.78, 5) is 11.9. The maximum Gasteiger partial charge on any atom is 0.159 e. The van der Waals surface area contributed by atoms with E-state index in [1.165, 1.54) is 22.0 Å². The number of ketones is 1. The van der Waals surface area contributed by atoms with Crippen LogP contribution in [0.25, 0.3) is 0 Å². The Morgan fingerprint density at radius 1 is 1.32 bits per heavy atom. The molecule has 0 radical (unpaired) electrons. The van der Waals surface area contributed by atoms with E-state index >= 15 is 0 Å². The van der Waals surface area contributed by atoms with Crippen molar-refractivity contribution in [1.29, 1.82) is 0 Å². The molecule has 0 N–H and O–H groups in total. The molecule has 22 heavy (non-hydrogen) atoms. The highest BCUT2D eigenvalue weighted by Crippen LogP contribution is 2.40. The quantitative estimate of drug-likeness (QED) is 0.589. The van der Waals surface area contributed by atoms with E-state index in [0.29, 0.717) is 6.42 Å². The Labute approximate surface area is 136 Å². The van der Waals surface area contributed by atoms with Crippen molar-refractivity contribution in [2.24, 2.45) is 5.41 Å². The normalized spacial score (nSPS) is 18.6. The predicted molar refractivity (Wildman–Crippen MR) is 98.5 cm³/mol. The second-order valence-corrected chi connectivity index (χ2v) is 7.33. The van der Waals surface area contributed by atoms with Gasteiger partial charge in [-0.05, 0) is 47.7 Å². The fourth-order valence-electron chi connectivity index (χ4n) is 2.91. The van der Waals surface area contributed by atoms with Crippen LogP contribution in [0.15, 0.2) is 59.2 Å². The third-order valence-corrected chi connectivity index (χ3v) is 4.93. The van der Waals surface area contributed by atoms with E-state index in [1.54, 1.807) is 0 Å². The van der Waals surface area contributed by atoms with Crippen LogP contribution in [0, 0.1) is 5.41 Å². The van der Waals surface area contributed by atoms with Crippen LogP contribution in [0.1, 0.15) is 39.7 Å². The molecule has 1 atom stereocenters. The molecule has 1 nitrogen and oxygen atoms in total. The summed E-state index contributed by atoms with van der Waals surface area (Å²) < 4.78 is 0. The Kier molecular flexibility index (Phi) is 5.19. The molecule has 1 aromatic rings. The van der Waals surface area contributed by atoms with Crippen molar-refractivity contribution in [2.75, 3.05) is 0 Å². The monoisotopic (exact) mass is 312 g/mol. The van der Waals surface area contributed by atoms with E-state index in [0.717, 1.165) is 12.0 Å². The first kappa shape index (κ1) is 16.9. The van der Waals surface area contributed by atoms with Gasteiger partial charge >= 0.3 is 0 Å². The number of Topliss-reactive ketones (excluding diaryl/α,β-unsaturated/α-hetero) is 1. The number of carbonyl (C=O) groups excluding carboxylic acids is 1. The number of hydrogen-bond donors (Lipinski definition) is 0. The Hall–Kier alpha value is -1.46. The van der Waals surface area contributed by atoms with Gasteiger partial charge in [0.15, 0.2) is 5.78 Å². The largest absolute Gasteiger partial charge is 0.295 e. The molecule has 0 heterocycles. The van der Waals surface area contributed by atoms with E-state index in [4.69, 9.17) is 0 Å². The van der Waals surface area contributed by atoms with Gasteiger partial charge in [-0.3, -0.25) is 4.79 Å². The SMILES string of the molecule is CC(C=CC1=C(C)C(=O)CC1(C)C)=CCc1ccccc1P. The molecule has 0 saturated carbocycles. The zero-order valence-electron chi connectivity index (χ0n) is 13.9. The molecule has 0 aliphatic heterocycles. The Balaban J connectivity index is 2.12. The summed E-state index contributed by atoms with van der Waals surface area (Å²) in [5.74, 6) is 0.281. The molecule has 2 heteroatoms. The molecule has 0 spiro atoms. The van der Waals surface area contributed by atoms with Gasteiger partial charge in [0.25, 0.3) is 0 Å². The molecule has 0 saturated heterocycles. The highest BCUT2D eigenvalue weighted by Gasteiger charge is 2.34. The lowest BCUT2D eigenvalue weighted by Crippen LogP contribution is -2.09. The lowest BCUT2D eigenvalue weighted by Gasteiger charge is -2.19. The topological polar surface area (TPSA) is 17.1 Å². The van der Waals surface area contributed by atoms with Crippen LogP contribution in [0.4, 0.5) is 0 Å². The van der Waals surface area contributed by atoms with E-state index in [-0.39, 0.29) is 11.2 Å². The summed E-state index contributed by atoms with van der Waals surface area (Å²) >= 11 is 0. The van der Waals surface area contributed by atoms with Crippen LogP contribution in [-0.4, -0.2) is 5.78 Å². The summed E-state index contributed by atoms with van der Waals surface area (Å²) in [5.41, 5.74) is 4.61. The zero-order valence-corrected chi connectivity index (χ0v) is 15.1. The van der Waals surface area contributed by atoms with E-state index in [1.807, 2.05) is 6.92 Å². The van der Waals surface area contributed by atoms with Crippen molar-refractivity contribution in [3.63, 3.8) is 0 Å². The second-order valence-electron chi connectivity index (χ2n) is 6.71. The van der Waals surface area contributed by atoms with Gasteiger partial charge in [0.05, 0.1) is 0 Å².